The molecule has 1 fully saturated rings. The van der Waals surface area contributed by atoms with Crippen LogP contribution in [0.4, 0.5) is 0 Å². The van der Waals surface area contributed by atoms with Gasteiger partial charge in [0, 0.05) is 32.5 Å². The summed E-state index contributed by atoms with van der Waals surface area (Å²) in [6, 6.07) is 0. The lowest BCUT2D eigenvalue weighted by Gasteiger charge is -2.19. The molecule has 5 N–H and O–H groups in total. The van der Waals surface area contributed by atoms with Crippen LogP contribution in [0.5, 0.6) is 0 Å². The minimum atomic E-state index is 0.318. The Morgan fingerprint density at radius 1 is 0.667 bits per heavy atom. The van der Waals surface area contributed by atoms with Crippen LogP contribution in [-0.2, 0) is 19.4 Å². The summed E-state index contributed by atoms with van der Waals surface area (Å²) in [6.07, 6.45) is 3.31. The Hall–Kier alpha value is -0.360. The van der Waals surface area contributed by atoms with Gasteiger partial charge in [0.2, 0.25) is 0 Å². The molecule has 1 unspecified atom stereocenters. The first-order chi connectivity index (χ1) is 10.4. The summed E-state index contributed by atoms with van der Waals surface area (Å²) in [5, 5.41) is 0.318. The van der Waals surface area contributed by atoms with Crippen molar-refractivity contribution in [2.45, 2.75) is 25.7 Å². The maximum absolute atomic E-state index is 7.64. The second kappa shape index (κ2) is 14.6. The predicted molar refractivity (Wildman–Crippen MR) is 76.4 cm³/mol. The van der Waals surface area contributed by atoms with E-state index in [0.29, 0.717) is 44.7 Å². The maximum atomic E-state index is 7.64. The smallest absolute Gasteiger partial charge is 0.107 e. The highest BCUT2D eigenvalue weighted by Gasteiger charge is 1.99. The summed E-state index contributed by atoms with van der Waals surface area (Å²) in [4.78, 5) is 21.1. The molecule has 0 aromatic carbocycles. The van der Waals surface area contributed by atoms with Crippen molar-refractivity contribution in [3.05, 3.63) is 5.84 Å². The highest BCUT2D eigenvalue weighted by atomic mass is 16.7. The van der Waals surface area contributed by atoms with Crippen LogP contribution in [-0.4, -0.2) is 52.6 Å². The number of nitrogens with one attached hydrogen (secondary N) is 5. The molecule has 0 aromatic heterocycles. The molecule has 0 aromatic rings. The number of hydrogen-bond donors (Lipinski definition) is 4. The van der Waals surface area contributed by atoms with Gasteiger partial charge in [-0.1, -0.05) is 0 Å². The number of hydrogen-bond acceptors (Lipinski definition) is 7. The molecular weight excluding hydrogens is 278 g/mol. The second-order valence-electron chi connectivity index (χ2n) is 4.66. The van der Waals surface area contributed by atoms with Crippen molar-refractivity contribution < 1.29 is 24.5 Å². The van der Waals surface area contributed by atoms with Gasteiger partial charge in [0.05, 0.1) is 26.4 Å². The van der Waals surface area contributed by atoms with Gasteiger partial charge in [-0.25, -0.2) is 21.3 Å². The van der Waals surface area contributed by atoms with E-state index < -0.39 is 0 Å². The van der Waals surface area contributed by atoms with Gasteiger partial charge in [0.1, 0.15) is 6.61 Å². The number of hydroxylamine groups is 4. The van der Waals surface area contributed by atoms with Gasteiger partial charge in [-0.2, -0.15) is 0 Å². The van der Waals surface area contributed by atoms with Gasteiger partial charge < -0.3 is 20.4 Å². The minimum absolute atomic E-state index is 0.318. The molecule has 1 rings (SSSR count). The van der Waals surface area contributed by atoms with E-state index in [0.717, 1.165) is 38.8 Å². The fraction of sp³-hybridized carbons (Fsp3) is 1.00. The summed E-state index contributed by atoms with van der Waals surface area (Å²) in [5.41, 5.74) is 8.66. The van der Waals surface area contributed by atoms with E-state index in [-0.39, 0.29) is 0 Å². The zero-order valence-electron chi connectivity index (χ0n) is 12.6. The molecule has 0 bridgehead atoms. The molecule has 0 saturated carbocycles. The third-order valence-electron chi connectivity index (χ3n) is 2.71. The fourth-order valence-corrected chi connectivity index (χ4v) is 1.59. The van der Waals surface area contributed by atoms with E-state index in [1.807, 2.05) is 0 Å². The lowest BCUT2D eigenvalue weighted by Crippen LogP contribution is -3.04. The Balaban J connectivity index is 2.08. The SMILES string of the molecule is [NH-][NH+]1CCCNOCCCONCCCNOCCCO1. The van der Waals surface area contributed by atoms with Crippen LogP contribution in [0.2, 0.25) is 0 Å². The summed E-state index contributed by atoms with van der Waals surface area (Å²) < 4.78 is 0. The standard InChI is InChI=1S/C12H29N5O4/c13-17-8-2-7-16-19-10-3-9-18-14-5-1-6-15-20-11-4-12-21-17/h13-17H,1-12H2. The molecule has 0 radical (unpaired) electrons. The van der Waals surface area contributed by atoms with Gasteiger partial charge in [-0.3, -0.25) is 5.17 Å². The lowest BCUT2D eigenvalue weighted by atomic mass is 10.4. The van der Waals surface area contributed by atoms with Crippen molar-refractivity contribution in [2.24, 2.45) is 0 Å². The molecule has 9 heteroatoms. The topological polar surface area (TPSA) is 101 Å². The Morgan fingerprint density at radius 3 is 1.81 bits per heavy atom. The van der Waals surface area contributed by atoms with Crippen LogP contribution < -0.4 is 21.6 Å². The first-order valence-corrected chi connectivity index (χ1v) is 7.64. The van der Waals surface area contributed by atoms with Gasteiger partial charge in [0.15, 0.2) is 0 Å². The Labute approximate surface area is 126 Å². The Kier molecular flexibility index (Phi) is 13.0. The van der Waals surface area contributed by atoms with E-state index in [9.17, 15) is 0 Å². The first-order valence-electron chi connectivity index (χ1n) is 7.64. The third-order valence-corrected chi connectivity index (χ3v) is 2.71. The second-order valence-corrected chi connectivity index (χ2v) is 4.66. The monoisotopic (exact) mass is 307 g/mol. The van der Waals surface area contributed by atoms with Crippen molar-refractivity contribution in [1.29, 1.82) is 0 Å². The molecule has 1 saturated heterocycles. The van der Waals surface area contributed by atoms with Crippen molar-refractivity contribution >= 4 is 0 Å². The normalized spacial score (nSPS) is 27.0. The summed E-state index contributed by atoms with van der Waals surface area (Å²) in [7, 11) is 0. The van der Waals surface area contributed by atoms with E-state index in [4.69, 9.17) is 25.2 Å². The third kappa shape index (κ3) is 13.1. The lowest BCUT2D eigenvalue weighted by molar-refractivity contribution is -1.05. The van der Waals surface area contributed by atoms with Gasteiger partial charge in [-0.15, -0.1) is 0 Å². The number of rotatable bonds is 0. The molecule has 1 atom stereocenters. The van der Waals surface area contributed by atoms with Crippen LogP contribution in [0.3, 0.4) is 0 Å². The van der Waals surface area contributed by atoms with Crippen molar-refractivity contribution in [3.63, 3.8) is 0 Å². The van der Waals surface area contributed by atoms with Crippen LogP contribution >= 0.6 is 0 Å². The van der Waals surface area contributed by atoms with E-state index in [2.05, 4.69) is 16.4 Å². The average Bonchev–Trinajstić information content (AvgIpc) is 2.48. The predicted octanol–water partition coefficient (Wildman–Crippen LogP) is -1.09. The zero-order chi connectivity index (χ0) is 15.0. The average molecular weight is 307 g/mol. The zero-order valence-corrected chi connectivity index (χ0v) is 12.6. The molecule has 1 heterocycles. The molecule has 0 aliphatic carbocycles. The molecule has 0 spiro atoms. The highest BCUT2D eigenvalue weighted by molar-refractivity contribution is 4.41. The van der Waals surface area contributed by atoms with E-state index >= 15 is 0 Å². The molecular formula is C12H29N5O4. The van der Waals surface area contributed by atoms with Gasteiger partial charge in [-0.05, 0) is 12.8 Å². The van der Waals surface area contributed by atoms with E-state index in [1.165, 1.54) is 0 Å². The molecule has 9 nitrogen and oxygen atoms in total. The quantitative estimate of drug-likeness (QED) is 0.451. The van der Waals surface area contributed by atoms with Crippen molar-refractivity contribution in [3.8, 4) is 0 Å². The Morgan fingerprint density at radius 2 is 1.19 bits per heavy atom. The first kappa shape index (κ1) is 18.7. The minimum Gasteiger partial charge on any atom is -0.434 e. The summed E-state index contributed by atoms with van der Waals surface area (Å²) >= 11 is 0. The maximum Gasteiger partial charge on any atom is 0.107 e. The van der Waals surface area contributed by atoms with Crippen molar-refractivity contribution in [2.75, 3.05) is 52.6 Å². The van der Waals surface area contributed by atoms with Gasteiger partial charge in [0.25, 0.3) is 0 Å². The molecule has 1 aliphatic rings. The van der Waals surface area contributed by atoms with Crippen LogP contribution in [0, 0.1) is 0 Å². The molecule has 1 aliphatic heterocycles. The van der Waals surface area contributed by atoms with E-state index in [1.54, 1.807) is 0 Å². The van der Waals surface area contributed by atoms with Gasteiger partial charge >= 0.3 is 0 Å². The Bertz CT molecular complexity index is 206. The summed E-state index contributed by atoms with van der Waals surface area (Å²) in [6.45, 7) is 5.16. The molecule has 0 amide bonds. The largest absolute Gasteiger partial charge is 0.434 e. The van der Waals surface area contributed by atoms with Crippen LogP contribution in [0.15, 0.2) is 0 Å². The van der Waals surface area contributed by atoms with Crippen molar-refractivity contribution in [1.82, 2.24) is 16.4 Å². The summed E-state index contributed by atoms with van der Waals surface area (Å²) in [5.74, 6) is 7.64. The fourth-order valence-electron chi connectivity index (χ4n) is 1.59. The van der Waals surface area contributed by atoms with Crippen LogP contribution in [0.1, 0.15) is 25.7 Å². The van der Waals surface area contributed by atoms with Crippen LogP contribution in [0.25, 0.3) is 5.84 Å². The number of quaternary nitrogens is 1. The molecule has 21 heavy (non-hydrogen) atoms. The highest BCUT2D eigenvalue weighted by Crippen LogP contribution is 1.84. The molecule has 126 valence electrons.